The second-order valence-corrected chi connectivity index (χ2v) is 4.54. The van der Waals surface area contributed by atoms with Crippen molar-refractivity contribution in [1.82, 2.24) is 9.55 Å². The second-order valence-electron chi connectivity index (χ2n) is 4.54. The molecule has 0 unspecified atom stereocenters. The zero-order valence-electron chi connectivity index (χ0n) is 8.46. The maximum atomic E-state index is 4.09. The van der Waals surface area contributed by atoms with Crippen molar-refractivity contribution in [3.05, 3.63) is 18.2 Å². The average molecular weight is 166 g/mol. The summed E-state index contributed by atoms with van der Waals surface area (Å²) in [7, 11) is 0. The smallest absolute Gasteiger partial charge is 0.0948 e. The highest BCUT2D eigenvalue weighted by Crippen LogP contribution is 2.19. The normalized spacial score (nSPS) is 12.0. The molecule has 0 spiro atoms. The highest BCUT2D eigenvalue weighted by Gasteiger charge is 2.09. The Kier molecular flexibility index (Phi) is 2.55. The Hall–Kier alpha value is -0.790. The molecule has 0 amide bonds. The standard InChI is InChI=1S/C10H18N2/c1-9-7-11-8-12(9)6-5-10(2,3)4/h7-8H,5-6H2,1-4H3. The molecule has 0 atom stereocenters. The van der Waals surface area contributed by atoms with E-state index in [4.69, 9.17) is 0 Å². The Labute approximate surface area is 74.6 Å². The van der Waals surface area contributed by atoms with Crippen LogP contribution in [0.1, 0.15) is 32.9 Å². The number of imidazole rings is 1. The topological polar surface area (TPSA) is 17.8 Å². The van der Waals surface area contributed by atoms with Crippen LogP contribution in [0.3, 0.4) is 0 Å². The van der Waals surface area contributed by atoms with Gasteiger partial charge in [0.05, 0.1) is 6.33 Å². The van der Waals surface area contributed by atoms with Crippen LogP contribution in [-0.4, -0.2) is 9.55 Å². The van der Waals surface area contributed by atoms with Crippen LogP contribution < -0.4 is 0 Å². The second kappa shape index (κ2) is 3.30. The molecule has 0 fully saturated rings. The van der Waals surface area contributed by atoms with Gasteiger partial charge < -0.3 is 4.57 Å². The molecular weight excluding hydrogens is 148 g/mol. The van der Waals surface area contributed by atoms with E-state index >= 15 is 0 Å². The quantitative estimate of drug-likeness (QED) is 0.660. The van der Waals surface area contributed by atoms with E-state index in [1.165, 1.54) is 12.1 Å². The number of nitrogens with zero attached hydrogens (tertiary/aromatic N) is 2. The summed E-state index contributed by atoms with van der Waals surface area (Å²) < 4.78 is 2.20. The Bertz CT molecular complexity index is 243. The molecule has 1 heterocycles. The van der Waals surface area contributed by atoms with E-state index in [0.717, 1.165) is 6.54 Å². The summed E-state index contributed by atoms with van der Waals surface area (Å²) in [5.74, 6) is 0. The van der Waals surface area contributed by atoms with E-state index < -0.39 is 0 Å². The maximum absolute atomic E-state index is 4.09. The predicted molar refractivity (Wildman–Crippen MR) is 51.0 cm³/mol. The van der Waals surface area contributed by atoms with Crippen LogP contribution in [0.2, 0.25) is 0 Å². The van der Waals surface area contributed by atoms with Gasteiger partial charge in [0.2, 0.25) is 0 Å². The van der Waals surface area contributed by atoms with Crippen molar-refractivity contribution in [3.8, 4) is 0 Å². The molecular formula is C10H18N2. The minimum atomic E-state index is 0.413. The lowest BCUT2D eigenvalue weighted by Gasteiger charge is -2.18. The maximum Gasteiger partial charge on any atom is 0.0948 e. The van der Waals surface area contributed by atoms with Crippen LogP contribution in [0.5, 0.6) is 0 Å². The van der Waals surface area contributed by atoms with Crippen molar-refractivity contribution in [2.24, 2.45) is 5.41 Å². The van der Waals surface area contributed by atoms with Crippen molar-refractivity contribution in [2.75, 3.05) is 0 Å². The van der Waals surface area contributed by atoms with E-state index in [-0.39, 0.29) is 0 Å². The third-order valence-corrected chi connectivity index (χ3v) is 2.02. The first-order valence-electron chi connectivity index (χ1n) is 4.46. The molecule has 0 saturated heterocycles. The van der Waals surface area contributed by atoms with Crippen molar-refractivity contribution in [2.45, 2.75) is 40.7 Å². The Morgan fingerprint density at radius 3 is 2.50 bits per heavy atom. The molecule has 0 aromatic carbocycles. The summed E-state index contributed by atoms with van der Waals surface area (Å²) >= 11 is 0. The summed E-state index contributed by atoms with van der Waals surface area (Å²) in [5, 5.41) is 0. The number of rotatable bonds is 2. The predicted octanol–water partition coefficient (Wildman–Crippen LogP) is 2.63. The van der Waals surface area contributed by atoms with E-state index in [0.29, 0.717) is 5.41 Å². The highest BCUT2D eigenvalue weighted by molar-refractivity contribution is 4.93. The molecule has 2 nitrogen and oxygen atoms in total. The molecule has 1 rings (SSSR count). The number of hydrogen-bond donors (Lipinski definition) is 0. The number of aromatic nitrogens is 2. The highest BCUT2D eigenvalue weighted by atomic mass is 15.0. The van der Waals surface area contributed by atoms with Crippen LogP contribution in [0.25, 0.3) is 0 Å². The van der Waals surface area contributed by atoms with Crippen LogP contribution in [0, 0.1) is 12.3 Å². The van der Waals surface area contributed by atoms with Gasteiger partial charge in [-0.2, -0.15) is 0 Å². The van der Waals surface area contributed by atoms with Crippen molar-refractivity contribution < 1.29 is 0 Å². The van der Waals surface area contributed by atoms with Crippen LogP contribution in [-0.2, 0) is 6.54 Å². The molecule has 12 heavy (non-hydrogen) atoms. The van der Waals surface area contributed by atoms with Crippen LogP contribution in [0.15, 0.2) is 12.5 Å². The molecule has 0 saturated carbocycles. The summed E-state index contributed by atoms with van der Waals surface area (Å²) in [6.07, 6.45) is 5.01. The third kappa shape index (κ3) is 2.68. The van der Waals surface area contributed by atoms with Crippen LogP contribution >= 0.6 is 0 Å². The summed E-state index contributed by atoms with van der Waals surface area (Å²) in [6.45, 7) is 9.96. The fourth-order valence-corrected chi connectivity index (χ4v) is 1.08. The zero-order chi connectivity index (χ0) is 9.19. The molecule has 0 radical (unpaired) electrons. The van der Waals surface area contributed by atoms with Gasteiger partial charge in [0, 0.05) is 18.4 Å². The van der Waals surface area contributed by atoms with E-state index in [1.54, 1.807) is 0 Å². The Morgan fingerprint density at radius 1 is 1.42 bits per heavy atom. The van der Waals surface area contributed by atoms with E-state index in [2.05, 4.69) is 37.2 Å². The Balaban J connectivity index is 2.49. The lowest BCUT2D eigenvalue weighted by molar-refractivity contribution is 0.349. The first-order chi connectivity index (χ1) is 5.49. The van der Waals surface area contributed by atoms with Crippen molar-refractivity contribution in [3.63, 3.8) is 0 Å². The van der Waals surface area contributed by atoms with Gasteiger partial charge in [-0.15, -0.1) is 0 Å². The fourth-order valence-electron chi connectivity index (χ4n) is 1.08. The average Bonchev–Trinajstić information content (AvgIpc) is 2.29. The molecule has 0 aliphatic rings. The molecule has 0 bridgehead atoms. The summed E-state index contributed by atoms with van der Waals surface area (Å²) in [4.78, 5) is 4.09. The minimum absolute atomic E-state index is 0.413. The largest absolute Gasteiger partial charge is 0.335 e. The van der Waals surface area contributed by atoms with Gasteiger partial charge in [-0.3, -0.25) is 0 Å². The first kappa shape index (κ1) is 9.30. The number of aryl methyl sites for hydroxylation is 2. The lowest BCUT2D eigenvalue weighted by atomic mass is 9.92. The molecule has 2 heteroatoms. The van der Waals surface area contributed by atoms with E-state index in [1.807, 2.05) is 12.5 Å². The SMILES string of the molecule is Cc1cncn1CCC(C)(C)C. The van der Waals surface area contributed by atoms with Crippen molar-refractivity contribution >= 4 is 0 Å². The molecule has 68 valence electrons. The van der Waals surface area contributed by atoms with Crippen LogP contribution in [0.4, 0.5) is 0 Å². The summed E-state index contributed by atoms with van der Waals surface area (Å²) in [5.41, 5.74) is 1.66. The molecule has 0 aliphatic heterocycles. The monoisotopic (exact) mass is 166 g/mol. The summed E-state index contributed by atoms with van der Waals surface area (Å²) in [6, 6.07) is 0. The fraction of sp³-hybridized carbons (Fsp3) is 0.700. The third-order valence-electron chi connectivity index (χ3n) is 2.02. The van der Waals surface area contributed by atoms with Gasteiger partial charge in [-0.25, -0.2) is 4.98 Å². The molecule has 0 aliphatic carbocycles. The van der Waals surface area contributed by atoms with Gasteiger partial charge in [0.15, 0.2) is 0 Å². The van der Waals surface area contributed by atoms with Gasteiger partial charge in [-0.1, -0.05) is 20.8 Å². The minimum Gasteiger partial charge on any atom is -0.335 e. The molecule has 0 N–H and O–H groups in total. The lowest BCUT2D eigenvalue weighted by Crippen LogP contribution is -2.10. The first-order valence-corrected chi connectivity index (χ1v) is 4.46. The molecule has 1 aromatic heterocycles. The van der Waals surface area contributed by atoms with Crippen molar-refractivity contribution in [1.29, 1.82) is 0 Å². The Morgan fingerprint density at radius 2 is 2.08 bits per heavy atom. The van der Waals surface area contributed by atoms with Gasteiger partial charge in [0.1, 0.15) is 0 Å². The van der Waals surface area contributed by atoms with Gasteiger partial charge in [0.25, 0.3) is 0 Å². The van der Waals surface area contributed by atoms with E-state index in [9.17, 15) is 0 Å². The van der Waals surface area contributed by atoms with Gasteiger partial charge >= 0.3 is 0 Å². The molecule has 1 aromatic rings. The zero-order valence-corrected chi connectivity index (χ0v) is 8.46. The number of hydrogen-bond acceptors (Lipinski definition) is 1. The van der Waals surface area contributed by atoms with Gasteiger partial charge in [-0.05, 0) is 18.8 Å².